The Morgan fingerprint density at radius 3 is 2.28 bits per heavy atom. The summed E-state index contributed by atoms with van der Waals surface area (Å²) in [5.41, 5.74) is 2.55. The highest BCUT2D eigenvalue weighted by atomic mass is 79.9. The summed E-state index contributed by atoms with van der Waals surface area (Å²) in [6.45, 7) is 0.800. The van der Waals surface area contributed by atoms with Crippen LogP contribution in [0.5, 0.6) is 11.5 Å². The molecular formula is C21H16BrCl4NO2. The zero-order chi connectivity index (χ0) is 21.0. The Kier molecular flexibility index (Phi) is 7.83. The van der Waals surface area contributed by atoms with Crippen molar-refractivity contribution >= 4 is 68.0 Å². The number of rotatable bonds is 7. The minimum Gasteiger partial charge on any atom is -0.493 e. The molecule has 0 heterocycles. The Morgan fingerprint density at radius 1 is 0.828 bits per heavy atom. The van der Waals surface area contributed by atoms with Crippen LogP contribution in [-0.4, -0.2) is 7.11 Å². The topological polar surface area (TPSA) is 30.5 Å². The number of halogens is 5. The van der Waals surface area contributed by atoms with E-state index in [2.05, 4.69) is 21.2 Å². The van der Waals surface area contributed by atoms with Gasteiger partial charge in [0.25, 0.3) is 0 Å². The van der Waals surface area contributed by atoms with Crippen molar-refractivity contribution in [3.8, 4) is 11.5 Å². The van der Waals surface area contributed by atoms with Crippen LogP contribution in [0, 0.1) is 0 Å². The third-order valence-corrected chi connectivity index (χ3v) is 6.02. The van der Waals surface area contributed by atoms with Crippen molar-refractivity contribution in [2.24, 2.45) is 0 Å². The highest BCUT2D eigenvalue weighted by Gasteiger charge is 2.12. The van der Waals surface area contributed by atoms with Gasteiger partial charge in [0, 0.05) is 31.6 Å². The summed E-state index contributed by atoms with van der Waals surface area (Å²) in [5.74, 6) is 1.20. The van der Waals surface area contributed by atoms with Gasteiger partial charge in [-0.2, -0.15) is 0 Å². The Morgan fingerprint density at radius 2 is 1.55 bits per heavy atom. The first-order valence-electron chi connectivity index (χ1n) is 8.49. The molecule has 1 N–H and O–H groups in total. The molecule has 0 atom stereocenters. The Balaban J connectivity index is 1.75. The van der Waals surface area contributed by atoms with Crippen LogP contribution in [-0.2, 0) is 13.2 Å². The summed E-state index contributed by atoms with van der Waals surface area (Å²) in [5, 5.41) is 5.61. The molecule has 0 bridgehead atoms. The van der Waals surface area contributed by atoms with Crippen molar-refractivity contribution in [3.05, 3.63) is 84.2 Å². The van der Waals surface area contributed by atoms with Crippen LogP contribution in [0.25, 0.3) is 0 Å². The number of benzene rings is 3. The first-order valence-corrected chi connectivity index (χ1v) is 10.8. The van der Waals surface area contributed by atoms with Crippen LogP contribution in [0.15, 0.2) is 53.0 Å². The molecular weight excluding hydrogens is 520 g/mol. The highest BCUT2D eigenvalue weighted by Crippen LogP contribution is 2.35. The minimum absolute atomic E-state index is 0.286. The third kappa shape index (κ3) is 5.87. The fraction of sp³-hybridized carbons (Fsp3) is 0.143. The van der Waals surface area contributed by atoms with Crippen LogP contribution in [0.4, 0.5) is 5.69 Å². The molecule has 0 fully saturated rings. The van der Waals surface area contributed by atoms with Gasteiger partial charge in [0.2, 0.25) is 0 Å². The molecule has 3 aromatic carbocycles. The molecule has 0 aliphatic rings. The number of methoxy groups -OCH3 is 1. The number of hydrogen-bond donors (Lipinski definition) is 1. The average molecular weight is 536 g/mol. The summed E-state index contributed by atoms with van der Waals surface area (Å²) in [6.07, 6.45) is 0. The van der Waals surface area contributed by atoms with E-state index in [-0.39, 0.29) is 6.61 Å². The normalized spacial score (nSPS) is 10.7. The molecule has 29 heavy (non-hydrogen) atoms. The van der Waals surface area contributed by atoms with Crippen LogP contribution < -0.4 is 14.8 Å². The lowest BCUT2D eigenvalue weighted by Crippen LogP contribution is -2.03. The summed E-state index contributed by atoms with van der Waals surface area (Å²) < 4.78 is 12.3. The second kappa shape index (κ2) is 10.1. The van der Waals surface area contributed by atoms with Gasteiger partial charge in [-0.15, -0.1) is 0 Å². The molecule has 0 radical (unpaired) electrons. The van der Waals surface area contributed by atoms with Crippen LogP contribution in [0.2, 0.25) is 20.1 Å². The molecule has 0 saturated heterocycles. The van der Waals surface area contributed by atoms with Crippen molar-refractivity contribution in [1.82, 2.24) is 0 Å². The van der Waals surface area contributed by atoms with E-state index >= 15 is 0 Å². The third-order valence-electron chi connectivity index (χ3n) is 4.13. The van der Waals surface area contributed by atoms with E-state index in [0.717, 1.165) is 21.3 Å². The molecule has 0 aliphatic heterocycles. The van der Waals surface area contributed by atoms with Crippen LogP contribution >= 0.6 is 62.3 Å². The lowest BCUT2D eigenvalue weighted by Gasteiger charge is -2.16. The number of hydrogen-bond acceptors (Lipinski definition) is 3. The average Bonchev–Trinajstić information content (AvgIpc) is 2.69. The molecule has 0 saturated carbocycles. The maximum atomic E-state index is 6.22. The molecule has 0 spiro atoms. The number of anilines is 1. The SMILES string of the molecule is COc1cc(CNc2cc(Cl)ccc2Cl)c(Br)cc1OCc1ccc(Cl)cc1Cl. The standard InChI is InChI=1S/C21H16BrCl4NO2/c1-28-20-6-13(10-27-19-8-15(24)4-5-17(19)25)16(22)9-21(20)29-11-12-2-3-14(23)7-18(12)26/h2-9,27H,10-11H2,1H3. The first-order chi connectivity index (χ1) is 13.9. The molecule has 8 heteroatoms. The highest BCUT2D eigenvalue weighted by molar-refractivity contribution is 9.10. The summed E-state index contributed by atoms with van der Waals surface area (Å²) >= 11 is 28.0. The van der Waals surface area contributed by atoms with Gasteiger partial charge in [-0.1, -0.05) is 68.4 Å². The number of ether oxygens (including phenoxy) is 2. The largest absolute Gasteiger partial charge is 0.493 e. The van der Waals surface area contributed by atoms with E-state index in [0.29, 0.717) is 38.1 Å². The van der Waals surface area contributed by atoms with Gasteiger partial charge in [-0.3, -0.25) is 0 Å². The van der Waals surface area contributed by atoms with Gasteiger partial charge >= 0.3 is 0 Å². The van der Waals surface area contributed by atoms with E-state index in [1.165, 1.54) is 0 Å². The fourth-order valence-corrected chi connectivity index (χ4v) is 3.88. The summed E-state index contributed by atoms with van der Waals surface area (Å²) in [7, 11) is 1.59. The molecule has 0 aliphatic carbocycles. The van der Waals surface area contributed by atoms with E-state index in [4.69, 9.17) is 55.9 Å². The van der Waals surface area contributed by atoms with Crippen molar-refractivity contribution in [3.63, 3.8) is 0 Å². The number of nitrogens with one attached hydrogen (secondary N) is 1. The van der Waals surface area contributed by atoms with Gasteiger partial charge in [-0.25, -0.2) is 0 Å². The van der Waals surface area contributed by atoms with Gasteiger partial charge in [0.15, 0.2) is 11.5 Å². The molecule has 3 rings (SSSR count). The smallest absolute Gasteiger partial charge is 0.162 e. The second-order valence-electron chi connectivity index (χ2n) is 6.10. The van der Waals surface area contributed by atoms with Gasteiger partial charge in [0.1, 0.15) is 6.61 Å². The summed E-state index contributed by atoms with van der Waals surface area (Å²) in [6, 6.07) is 14.3. The molecule has 3 nitrogen and oxygen atoms in total. The first kappa shape index (κ1) is 22.4. The van der Waals surface area contributed by atoms with Crippen LogP contribution in [0.1, 0.15) is 11.1 Å². The molecule has 152 valence electrons. The minimum atomic E-state index is 0.286. The van der Waals surface area contributed by atoms with Crippen LogP contribution in [0.3, 0.4) is 0 Å². The zero-order valence-corrected chi connectivity index (χ0v) is 19.8. The van der Waals surface area contributed by atoms with E-state index in [9.17, 15) is 0 Å². The maximum absolute atomic E-state index is 6.22. The van der Waals surface area contributed by atoms with Crippen molar-refractivity contribution in [2.75, 3.05) is 12.4 Å². The molecule has 0 unspecified atom stereocenters. The van der Waals surface area contributed by atoms with Gasteiger partial charge < -0.3 is 14.8 Å². The Hall–Kier alpha value is -1.30. The second-order valence-corrected chi connectivity index (χ2v) is 8.64. The van der Waals surface area contributed by atoms with Crippen molar-refractivity contribution in [1.29, 1.82) is 0 Å². The quantitative estimate of drug-likeness (QED) is 0.330. The Labute approximate surface area is 197 Å². The predicted octanol–water partition coefficient (Wildman–Crippen LogP) is 8.26. The Bertz CT molecular complexity index is 1030. The van der Waals surface area contributed by atoms with Crippen molar-refractivity contribution < 1.29 is 9.47 Å². The monoisotopic (exact) mass is 533 g/mol. The van der Waals surface area contributed by atoms with Gasteiger partial charge in [-0.05, 0) is 48.0 Å². The van der Waals surface area contributed by atoms with Crippen molar-refractivity contribution in [2.45, 2.75) is 13.2 Å². The fourth-order valence-electron chi connectivity index (χ4n) is 2.60. The van der Waals surface area contributed by atoms with E-state index < -0.39 is 0 Å². The lowest BCUT2D eigenvalue weighted by molar-refractivity contribution is 0.284. The molecule has 0 amide bonds. The lowest BCUT2D eigenvalue weighted by atomic mass is 10.2. The maximum Gasteiger partial charge on any atom is 0.162 e. The molecule has 3 aromatic rings. The summed E-state index contributed by atoms with van der Waals surface area (Å²) in [4.78, 5) is 0. The van der Waals surface area contributed by atoms with E-state index in [1.54, 1.807) is 37.4 Å². The van der Waals surface area contributed by atoms with Gasteiger partial charge in [0.05, 0.1) is 17.8 Å². The molecule has 0 aromatic heterocycles. The van der Waals surface area contributed by atoms with E-state index in [1.807, 2.05) is 18.2 Å². The zero-order valence-electron chi connectivity index (χ0n) is 15.2. The predicted molar refractivity (Wildman–Crippen MR) is 125 cm³/mol.